The molecule has 0 bridgehead atoms. The molecule has 0 amide bonds. The fraction of sp³-hybridized carbons (Fsp3) is 0.500. The zero-order chi connectivity index (χ0) is 13.2. The van der Waals surface area contributed by atoms with Crippen LogP contribution in [0.25, 0.3) is 0 Å². The number of nitrogen functional groups attached to an aromatic ring is 1. The molecule has 100 valence electrons. The predicted octanol–water partition coefficient (Wildman–Crippen LogP) is 2.21. The summed E-state index contributed by atoms with van der Waals surface area (Å²) in [5.41, 5.74) is 6.62. The van der Waals surface area contributed by atoms with Crippen molar-refractivity contribution in [3.05, 3.63) is 24.3 Å². The Kier molecular flexibility index (Phi) is 3.77. The molecule has 0 heterocycles. The smallest absolute Gasteiger partial charge is 0.360 e. The third kappa shape index (κ3) is 2.94. The van der Waals surface area contributed by atoms with E-state index in [0.717, 1.165) is 36.4 Å². The highest BCUT2D eigenvalue weighted by Crippen LogP contribution is 2.29. The first-order valence-corrected chi connectivity index (χ1v) is 7.50. The van der Waals surface area contributed by atoms with Gasteiger partial charge in [-0.3, -0.25) is 4.55 Å². The summed E-state index contributed by atoms with van der Waals surface area (Å²) in [6, 6.07) is 6.36. The van der Waals surface area contributed by atoms with Gasteiger partial charge >= 0.3 is 10.3 Å². The quantitative estimate of drug-likeness (QED) is 0.651. The minimum Gasteiger partial charge on any atom is -0.399 e. The van der Waals surface area contributed by atoms with Crippen molar-refractivity contribution in [1.29, 1.82) is 0 Å². The highest BCUT2D eigenvalue weighted by molar-refractivity contribution is 7.87. The second-order valence-electron chi connectivity index (χ2n) is 4.66. The van der Waals surface area contributed by atoms with E-state index < -0.39 is 10.3 Å². The van der Waals surface area contributed by atoms with E-state index in [9.17, 15) is 13.0 Å². The SMILES string of the molecule is Nc1ccc(N(C2CCCCC2)S(=O)(=O)O)cc1. The van der Waals surface area contributed by atoms with Crippen molar-refractivity contribution >= 4 is 21.7 Å². The monoisotopic (exact) mass is 270 g/mol. The molecule has 6 heteroatoms. The summed E-state index contributed by atoms with van der Waals surface area (Å²) in [7, 11) is -4.24. The molecule has 1 aliphatic carbocycles. The van der Waals surface area contributed by atoms with Crippen LogP contribution in [-0.2, 0) is 10.3 Å². The lowest BCUT2D eigenvalue weighted by molar-refractivity contribution is 0.416. The molecular formula is C12H18N2O3S. The van der Waals surface area contributed by atoms with Gasteiger partial charge in [-0.25, -0.2) is 4.31 Å². The summed E-state index contributed by atoms with van der Waals surface area (Å²) in [5.74, 6) is 0. The summed E-state index contributed by atoms with van der Waals surface area (Å²) in [6.45, 7) is 0. The Labute approximate surface area is 107 Å². The number of nitrogens with zero attached hydrogens (tertiary/aromatic N) is 1. The molecule has 1 fully saturated rings. The Morgan fingerprint density at radius 2 is 1.67 bits per heavy atom. The maximum Gasteiger partial charge on any atom is 0.360 e. The van der Waals surface area contributed by atoms with Gasteiger partial charge in [0, 0.05) is 11.7 Å². The Morgan fingerprint density at radius 1 is 1.11 bits per heavy atom. The van der Waals surface area contributed by atoms with E-state index in [2.05, 4.69) is 0 Å². The molecule has 18 heavy (non-hydrogen) atoms. The zero-order valence-corrected chi connectivity index (χ0v) is 10.9. The van der Waals surface area contributed by atoms with Gasteiger partial charge in [0.05, 0.1) is 5.69 Å². The van der Waals surface area contributed by atoms with Crippen LogP contribution in [0.5, 0.6) is 0 Å². The van der Waals surface area contributed by atoms with E-state index in [1.165, 1.54) is 0 Å². The normalized spacial score (nSPS) is 17.6. The zero-order valence-electron chi connectivity index (χ0n) is 10.1. The van der Waals surface area contributed by atoms with Gasteiger partial charge in [0.1, 0.15) is 0 Å². The predicted molar refractivity (Wildman–Crippen MR) is 71.8 cm³/mol. The van der Waals surface area contributed by atoms with Crippen LogP contribution in [0.1, 0.15) is 32.1 Å². The first kappa shape index (κ1) is 13.2. The first-order valence-electron chi connectivity index (χ1n) is 6.11. The molecule has 0 aliphatic heterocycles. The topological polar surface area (TPSA) is 83.6 Å². The molecule has 3 N–H and O–H groups in total. The van der Waals surface area contributed by atoms with Gasteiger partial charge < -0.3 is 5.73 Å². The minimum absolute atomic E-state index is 0.155. The van der Waals surface area contributed by atoms with Crippen molar-refractivity contribution in [3.63, 3.8) is 0 Å². The minimum atomic E-state index is -4.24. The van der Waals surface area contributed by atoms with E-state index in [4.69, 9.17) is 5.73 Å². The molecule has 1 aromatic rings. The molecule has 0 aromatic heterocycles. The maximum absolute atomic E-state index is 11.6. The molecule has 1 aliphatic rings. The Bertz CT molecular complexity index is 493. The number of hydrogen-bond donors (Lipinski definition) is 2. The summed E-state index contributed by atoms with van der Waals surface area (Å²) in [6.07, 6.45) is 4.67. The largest absolute Gasteiger partial charge is 0.399 e. The molecule has 2 rings (SSSR count). The lowest BCUT2D eigenvalue weighted by Crippen LogP contribution is -2.41. The highest BCUT2D eigenvalue weighted by atomic mass is 32.2. The van der Waals surface area contributed by atoms with E-state index >= 15 is 0 Å². The van der Waals surface area contributed by atoms with Crippen molar-refractivity contribution in [2.75, 3.05) is 10.0 Å². The lowest BCUT2D eigenvalue weighted by Gasteiger charge is -2.32. The highest BCUT2D eigenvalue weighted by Gasteiger charge is 2.29. The van der Waals surface area contributed by atoms with E-state index in [1.807, 2.05) is 0 Å². The number of nitrogens with two attached hydrogens (primary N) is 1. The third-order valence-corrected chi connectivity index (χ3v) is 4.31. The van der Waals surface area contributed by atoms with Gasteiger partial charge in [0.15, 0.2) is 0 Å². The second kappa shape index (κ2) is 5.16. The molecule has 0 atom stereocenters. The van der Waals surface area contributed by atoms with E-state index in [-0.39, 0.29) is 6.04 Å². The fourth-order valence-corrected chi connectivity index (χ4v) is 3.44. The van der Waals surface area contributed by atoms with Crippen molar-refractivity contribution in [2.24, 2.45) is 0 Å². The number of rotatable bonds is 3. The van der Waals surface area contributed by atoms with E-state index in [0.29, 0.717) is 11.4 Å². The Morgan fingerprint density at radius 3 is 2.17 bits per heavy atom. The molecule has 0 saturated heterocycles. The van der Waals surface area contributed by atoms with Crippen LogP contribution >= 0.6 is 0 Å². The number of benzene rings is 1. The summed E-state index contributed by atoms with van der Waals surface area (Å²) >= 11 is 0. The van der Waals surface area contributed by atoms with E-state index in [1.54, 1.807) is 24.3 Å². The molecule has 0 spiro atoms. The Balaban J connectivity index is 2.33. The summed E-state index contributed by atoms with van der Waals surface area (Å²) in [4.78, 5) is 0. The van der Waals surface area contributed by atoms with Crippen molar-refractivity contribution in [2.45, 2.75) is 38.1 Å². The fourth-order valence-electron chi connectivity index (χ4n) is 2.47. The van der Waals surface area contributed by atoms with Crippen LogP contribution in [0.4, 0.5) is 11.4 Å². The van der Waals surface area contributed by atoms with Gasteiger partial charge in [-0.15, -0.1) is 0 Å². The summed E-state index contributed by atoms with van der Waals surface area (Å²) in [5, 5.41) is 0. The average Bonchev–Trinajstić information content (AvgIpc) is 2.32. The average molecular weight is 270 g/mol. The van der Waals surface area contributed by atoms with Crippen LogP contribution < -0.4 is 10.0 Å². The Hall–Kier alpha value is -1.27. The van der Waals surface area contributed by atoms with Crippen LogP contribution in [0.15, 0.2) is 24.3 Å². The van der Waals surface area contributed by atoms with Crippen molar-refractivity contribution in [1.82, 2.24) is 0 Å². The summed E-state index contributed by atoms with van der Waals surface area (Å²) < 4.78 is 33.7. The molecule has 0 radical (unpaired) electrons. The van der Waals surface area contributed by atoms with Crippen LogP contribution in [0.2, 0.25) is 0 Å². The van der Waals surface area contributed by atoms with Gasteiger partial charge in [0.2, 0.25) is 0 Å². The van der Waals surface area contributed by atoms with Gasteiger partial charge in [0.25, 0.3) is 0 Å². The lowest BCUT2D eigenvalue weighted by atomic mass is 9.95. The standard InChI is InChI=1S/C12H18N2O3S/c13-10-6-8-12(9-7-10)14(18(15,16)17)11-4-2-1-3-5-11/h6-9,11H,1-5,13H2,(H,15,16,17). The molecular weight excluding hydrogens is 252 g/mol. The third-order valence-electron chi connectivity index (χ3n) is 3.30. The number of hydrogen-bond acceptors (Lipinski definition) is 3. The van der Waals surface area contributed by atoms with Crippen LogP contribution in [0, 0.1) is 0 Å². The van der Waals surface area contributed by atoms with Crippen LogP contribution in [-0.4, -0.2) is 19.0 Å². The molecule has 1 aromatic carbocycles. The molecule has 1 saturated carbocycles. The van der Waals surface area contributed by atoms with Gasteiger partial charge in [-0.05, 0) is 37.1 Å². The van der Waals surface area contributed by atoms with Crippen molar-refractivity contribution in [3.8, 4) is 0 Å². The van der Waals surface area contributed by atoms with Gasteiger partial charge in [-0.2, -0.15) is 8.42 Å². The van der Waals surface area contributed by atoms with Gasteiger partial charge in [-0.1, -0.05) is 19.3 Å². The van der Waals surface area contributed by atoms with Crippen molar-refractivity contribution < 1.29 is 13.0 Å². The first-order chi connectivity index (χ1) is 8.48. The maximum atomic E-state index is 11.6. The number of anilines is 2. The van der Waals surface area contributed by atoms with Crippen LogP contribution in [0.3, 0.4) is 0 Å². The second-order valence-corrected chi connectivity index (χ2v) is 5.95. The molecule has 0 unspecified atom stereocenters. The molecule has 5 nitrogen and oxygen atoms in total.